The number of carboxylic acid groups (broad SMARTS) is 1. The molecule has 0 unspecified atom stereocenters. The lowest BCUT2D eigenvalue weighted by Gasteiger charge is -2.00. The molecule has 9 heavy (non-hydrogen) atoms. The number of hydrogen-bond acceptors (Lipinski definition) is 2. The minimum absolute atomic E-state index is 0.368. The van der Waals surface area contributed by atoms with Gasteiger partial charge in [-0.15, -0.1) is 0 Å². The molecule has 0 radical (unpaired) electrons. The summed E-state index contributed by atoms with van der Waals surface area (Å²) in [4.78, 5) is 10.1. The first-order valence-corrected chi connectivity index (χ1v) is 4.24. The topological polar surface area (TPSA) is 37.3 Å². The van der Waals surface area contributed by atoms with Crippen molar-refractivity contribution >= 4 is 17.7 Å². The first kappa shape index (κ1) is 6.93. The Morgan fingerprint density at radius 1 is 1.78 bits per heavy atom. The van der Waals surface area contributed by atoms with Crippen LogP contribution < -0.4 is 0 Å². The van der Waals surface area contributed by atoms with E-state index in [0.29, 0.717) is 12.3 Å². The molecule has 0 aromatic carbocycles. The molecular weight excluding hydrogens is 136 g/mol. The Kier molecular flexibility index (Phi) is 2.39. The van der Waals surface area contributed by atoms with Crippen molar-refractivity contribution in [1.82, 2.24) is 0 Å². The summed E-state index contributed by atoms with van der Waals surface area (Å²) in [5.41, 5.74) is 0. The Balaban J connectivity index is 2.19. The molecule has 3 heteroatoms. The molecule has 0 saturated carbocycles. The van der Waals surface area contributed by atoms with E-state index in [0.717, 1.165) is 17.9 Å². The standard InChI is InChI=1S/C6H10O2S/c7-6(8)3-5-1-2-9-4-5/h5H,1-4H2,(H,7,8)/t5-/m1/s1. The summed E-state index contributed by atoms with van der Waals surface area (Å²) < 4.78 is 0. The summed E-state index contributed by atoms with van der Waals surface area (Å²) in [5, 5.41) is 8.36. The quantitative estimate of drug-likeness (QED) is 0.636. The monoisotopic (exact) mass is 146 g/mol. The first-order chi connectivity index (χ1) is 4.29. The van der Waals surface area contributed by atoms with Gasteiger partial charge in [0.1, 0.15) is 0 Å². The molecule has 0 bridgehead atoms. The van der Waals surface area contributed by atoms with Crippen LogP contribution in [0.25, 0.3) is 0 Å². The van der Waals surface area contributed by atoms with Crippen molar-refractivity contribution in [3.8, 4) is 0 Å². The van der Waals surface area contributed by atoms with Crippen LogP contribution in [-0.2, 0) is 4.79 Å². The molecule has 1 aliphatic heterocycles. The van der Waals surface area contributed by atoms with Crippen LogP contribution in [0, 0.1) is 5.92 Å². The van der Waals surface area contributed by atoms with Gasteiger partial charge in [0.15, 0.2) is 0 Å². The molecule has 1 heterocycles. The third kappa shape index (κ3) is 2.26. The zero-order valence-corrected chi connectivity index (χ0v) is 5.99. The normalized spacial score (nSPS) is 26.4. The highest BCUT2D eigenvalue weighted by Gasteiger charge is 2.17. The lowest BCUT2D eigenvalue weighted by atomic mass is 10.1. The van der Waals surface area contributed by atoms with E-state index in [9.17, 15) is 4.79 Å². The van der Waals surface area contributed by atoms with Gasteiger partial charge in [0.25, 0.3) is 0 Å². The van der Waals surface area contributed by atoms with E-state index in [-0.39, 0.29) is 0 Å². The molecule has 1 saturated heterocycles. The summed E-state index contributed by atoms with van der Waals surface area (Å²) in [6.45, 7) is 0. The van der Waals surface area contributed by atoms with Gasteiger partial charge >= 0.3 is 5.97 Å². The van der Waals surface area contributed by atoms with E-state index < -0.39 is 5.97 Å². The molecule has 0 aromatic heterocycles. The number of thioether (sulfide) groups is 1. The lowest BCUT2D eigenvalue weighted by Crippen LogP contribution is -2.05. The second kappa shape index (κ2) is 3.11. The number of carboxylic acids is 1. The van der Waals surface area contributed by atoms with Crippen molar-refractivity contribution in [1.29, 1.82) is 0 Å². The Morgan fingerprint density at radius 3 is 3.00 bits per heavy atom. The van der Waals surface area contributed by atoms with Crippen molar-refractivity contribution in [2.75, 3.05) is 11.5 Å². The maximum Gasteiger partial charge on any atom is 0.303 e. The highest BCUT2D eigenvalue weighted by molar-refractivity contribution is 7.99. The van der Waals surface area contributed by atoms with Crippen molar-refractivity contribution < 1.29 is 9.90 Å². The Hall–Kier alpha value is -0.180. The highest BCUT2D eigenvalue weighted by atomic mass is 32.2. The molecule has 52 valence electrons. The smallest absolute Gasteiger partial charge is 0.303 e. The van der Waals surface area contributed by atoms with Gasteiger partial charge in [-0.05, 0) is 23.8 Å². The number of carbonyl (C=O) groups is 1. The number of hydrogen-bond donors (Lipinski definition) is 1. The summed E-state index contributed by atoms with van der Waals surface area (Å²) in [7, 11) is 0. The molecule has 0 aromatic rings. The summed E-state index contributed by atoms with van der Waals surface area (Å²) in [6.07, 6.45) is 1.46. The molecule has 1 fully saturated rings. The maximum absolute atomic E-state index is 10.1. The van der Waals surface area contributed by atoms with Crippen molar-refractivity contribution in [2.45, 2.75) is 12.8 Å². The largest absolute Gasteiger partial charge is 0.481 e. The maximum atomic E-state index is 10.1. The van der Waals surface area contributed by atoms with Crippen LogP contribution in [0.5, 0.6) is 0 Å². The van der Waals surface area contributed by atoms with Crippen LogP contribution in [0.1, 0.15) is 12.8 Å². The average Bonchev–Trinajstić information content (AvgIpc) is 2.15. The van der Waals surface area contributed by atoms with Crippen LogP contribution in [0.3, 0.4) is 0 Å². The lowest BCUT2D eigenvalue weighted by molar-refractivity contribution is -0.137. The van der Waals surface area contributed by atoms with Gasteiger partial charge in [0.05, 0.1) is 0 Å². The van der Waals surface area contributed by atoms with Crippen LogP contribution >= 0.6 is 11.8 Å². The van der Waals surface area contributed by atoms with E-state index in [1.54, 1.807) is 0 Å². The number of aliphatic carboxylic acids is 1. The summed E-state index contributed by atoms with van der Waals surface area (Å²) in [5.74, 6) is 2.00. The molecule has 0 spiro atoms. The van der Waals surface area contributed by atoms with E-state index in [4.69, 9.17) is 5.11 Å². The zero-order valence-electron chi connectivity index (χ0n) is 5.17. The minimum Gasteiger partial charge on any atom is -0.481 e. The predicted molar refractivity (Wildman–Crippen MR) is 37.7 cm³/mol. The fraction of sp³-hybridized carbons (Fsp3) is 0.833. The van der Waals surface area contributed by atoms with Crippen molar-refractivity contribution in [2.24, 2.45) is 5.92 Å². The van der Waals surface area contributed by atoms with Gasteiger partial charge in [-0.25, -0.2) is 0 Å². The van der Waals surface area contributed by atoms with E-state index in [1.807, 2.05) is 11.8 Å². The zero-order chi connectivity index (χ0) is 6.69. The Bertz CT molecular complexity index is 108. The third-order valence-corrected chi connectivity index (χ3v) is 2.72. The van der Waals surface area contributed by atoms with E-state index in [1.165, 1.54) is 0 Å². The second-order valence-electron chi connectivity index (χ2n) is 2.33. The molecule has 0 amide bonds. The molecule has 1 atom stereocenters. The second-order valence-corrected chi connectivity index (χ2v) is 3.48. The Labute approximate surface area is 58.6 Å². The molecule has 1 aliphatic rings. The van der Waals surface area contributed by atoms with Gasteiger partial charge in [0, 0.05) is 6.42 Å². The number of rotatable bonds is 2. The van der Waals surface area contributed by atoms with E-state index in [2.05, 4.69) is 0 Å². The van der Waals surface area contributed by atoms with Gasteiger partial charge in [0.2, 0.25) is 0 Å². The molecule has 1 N–H and O–H groups in total. The molecule has 2 nitrogen and oxygen atoms in total. The van der Waals surface area contributed by atoms with Crippen LogP contribution in [0.4, 0.5) is 0 Å². The van der Waals surface area contributed by atoms with Crippen molar-refractivity contribution in [3.63, 3.8) is 0 Å². The van der Waals surface area contributed by atoms with Crippen LogP contribution in [0.2, 0.25) is 0 Å². The first-order valence-electron chi connectivity index (χ1n) is 3.08. The van der Waals surface area contributed by atoms with E-state index >= 15 is 0 Å². The fourth-order valence-corrected chi connectivity index (χ4v) is 2.28. The molecule has 1 rings (SSSR count). The SMILES string of the molecule is O=C(O)C[C@H]1CCSC1. The van der Waals surface area contributed by atoms with Crippen LogP contribution in [0.15, 0.2) is 0 Å². The van der Waals surface area contributed by atoms with Gasteiger partial charge < -0.3 is 5.11 Å². The summed E-state index contributed by atoms with van der Waals surface area (Å²) in [6, 6.07) is 0. The minimum atomic E-state index is -0.650. The summed E-state index contributed by atoms with van der Waals surface area (Å²) >= 11 is 1.86. The highest BCUT2D eigenvalue weighted by Crippen LogP contribution is 2.25. The van der Waals surface area contributed by atoms with Crippen LogP contribution in [-0.4, -0.2) is 22.6 Å². The van der Waals surface area contributed by atoms with Gasteiger partial charge in [-0.3, -0.25) is 4.79 Å². The fourth-order valence-electron chi connectivity index (χ4n) is 0.991. The predicted octanol–water partition coefficient (Wildman–Crippen LogP) is 1.21. The molecular formula is C6H10O2S. The van der Waals surface area contributed by atoms with Gasteiger partial charge in [-0.1, -0.05) is 0 Å². The Morgan fingerprint density at radius 2 is 2.56 bits per heavy atom. The third-order valence-electron chi connectivity index (χ3n) is 1.49. The van der Waals surface area contributed by atoms with Crippen molar-refractivity contribution in [3.05, 3.63) is 0 Å². The van der Waals surface area contributed by atoms with Gasteiger partial charge in [-0.2, -0.15) is 11.8 Å². The average molecular weight is 146 g/mol. The molecule has 0 aliphatic carbocycles.